The molecule has 1 amide bonds. The van der Waals surface area contributed by atoms with E-state index < -0.39 is 23.8 Å². The quantitative estimate of drug-likeness (QED) is 0.569. The lowest BCUT2D eigenvalue weighted by atomic mass is 9.90. The Balaban J connectivity index is 2.02. The molecule has 0 aliphatic carbocycles. The van der Waals surface area contributed by atoms with Crippen molar-refractivity contribution in [2.24, 2.45) is 10.9 Å². The largest absolute Gasteiger partial charge is 0.497 e. The van der Waals surface area contributed by atoms with Gasteiger partial charge in [-0.1, -0.05) is 0 Å². The summed E-state index contributed by atoms with van der Waals surface area (Å²) in [5.41, 5.74) is 0.632. The number of carbonyl (C=O) groups is 2. The van der Waals surface area contributed by atoms with Crippen LogP contribution in [0.1, 0.15) is 18.5 Å². The van der Waals surface area contributed by atoms with Crippen molar-refractivity contribution in [1.29, 1.82) is 0 Å². The lowest BCUT2D eigenvalue weighted by molar-refractivity contribution is -0.153. The summed E-state index contributed by atoms with van der Waals surface area (Å²) in [6.07, 6.45) is 0. The van der Waals surface area contributed by atoms with E-state index in [1.165, 1.54) is 7.11 Å². The number of rotatable bonds is 5. The van der Waals surface area contributed by atoms with E-state index in [1.54, 1.807) is 32.2 Å². The predicted molar refractivity (Wildman–Crippen MR) is 107 cm³/mol. The van der Waals surface area contributed by atoms with E-state index in [0.717, 1.165) is 26.2 Å². The number of benzene rings is 1. The molecule has 2 aliphatic heterocycles. The van der Waals surface area contributed by atoms with Crippen molar-refractivity contribution in [3.63, 3.8) is 0 Å². The van der Waals surface area contributed by atoms with E-state index in [4.69, 9.17) is 19.2 Å². The first kappa shape index (κ1) is 20.9. The maximum absolute atomic E-state index is 12.9. The maximum Gasteiger partial charge on any atom is 0.321 e. The zero-order valence-electron chi connectivity index (χ0n) is 17.3. The van der Waals surface area contributed by atoms with Crippen LogP contribution in [0.25, 0.3) is 0 Å². The van der Waals surface area contributed by atoms with Crippen molar-refractivity contribution >= 4 is 17.8 Å². The van der Waals surface area contributed by atoms with Gasteiger partial charge in [-0.25, -0.2) is 4.99 Å². The lowest BCUT2D eigenvalue weighted by Gasteiger charge is -2.37. The van der Waals surface area contributed by atoms with E-state index in [9.17, 15) is 9.59 Å². The normalized spacial score (nSPS) is 22.6. The number of likely N-dealkylation sites (N-methyl/N-ethyl adjacent to an activating group) is 1. The third-order valence-electron chi connectivity index (χ3n) is 5.20. The third-order valence-corrected chi connectivity index (χ3v) is 5.20. The molecule has 0 aromatic heterocycles. The second-order valence-corrected chi connectivity index (χ2v) is 7.01. The van der Waals surface area contributed by atoms with Gasteiger partial charge in [0.25, 0.3) is 0 Å². The first-order chi connectivity index (χ1) is 14.0. The summed E-state index contributed by atoms with van der Waals surface area (Å²) < 4.78 is 15.9. The number of methoxy groups -OCH3 is 2. The Bertz CT molecular complexity index is 789. The Kier molecular flexibility index (Phi) is 6.58. The number of aliphatic imine (C=N–C) groups is 1. The number of esters is 1. The number of nitrogens with one attached hydrogen (secondary N) is 1. The van der Waals surface area contributed by atoms with Crippen LogP contribution in [0, 0.1) is 5.92 Å². The van der Waals surface area contributed by atoms with Gasteiger partial charge in [-0.3, -0.25) is 14.9 Å². The van der Waals surface area contributed by atoms with Crippen molar-refractivity contribution in [2.45, 2.75) is 13.0 Å². The molecule has 1 saturated heterocycles. The molecular formula is C20H28N4O5. The zero-order chi connectivity index (χ0) is 21.0. The highest BCUT2D eigenvalue weighted by molar-refractivity contribution is 6.08. The minimum absolute atomic E-state index is 0.185. The van der Waals surface area contributed by atoms with E-state index in [1.807, 2.05) is 4.90 Å². The van der Waals surface area contributed by atoms with Crippen LogP contribution in [0.5, 0.6) is 11.5 Å². The van der Waals surface area contributed by atoms with Crippen molar-refractivity contribution in [3.05, 3.63) is 23.8 Å². The van der Waals surface area contributed by atoms with Crippen molar-refractivity contribution in [1.82, 2.24) is 15.1 Å². The number of ether oxygens (including phenoxy) is 3. The van der Waals surface area contributed by atoms with Gasteiger partial charge in [-0.15, -0.1) is 0 Å². The molecule has 2 atom stereocenters. The van der Waals surface area contributed by atoms with Crippen LogP contribution in [0.3, 0.4) is 0 Å². The van der Waals surface area contributed by atoms with Gasteiger partial charge in [0.1, 0.15) is 17.5 Å². The molecule has 1 N–H and O–H groups in total. The molecule has 0 saturated carbocycles. The molecule has 0 bridgehead atoms. The van der Waals surface area contributed by atoms with Crippen LogP contribution in [0.2, 0.25) is 0 Å². The monoisotopic (exact) mass is 404 g/mol. The average Bonchev–Trinajstić information content (AvgIpc) is 2.73. The summed E-state index contributed by atoms with van der Waals surface area (Å²) in [4.78, 5) is 34.6. The van der Waals surface area contributed by atoms with Gasteiger partial charge < -0.3 is 24.0 Å². The minimum atomic E-state index is -1.09. The molecule has 1 aromatic rings. The molecule has 158 valence electrons. The van der Waals surface area contributed by atoms with E-state index >= 15 is 0 Å². The number of guanidine groups is 1. The standard InChI is InChI=1S/C20H28N4O5/c1-5-29-19(26)16-17(14-7-6-13(27-3)12-15(14)28-4)21-20(22-18(16)25)24-10-8-23(2)9-11-24/h6-7,12,16-17H,5,8-11H2,1-4H3,(H,21,22,25)/t16-,17+/m1/s1. The summed E-state index contributed by atoms with van der Waals surface area (Å²) >= 11 is 0. The van der Waals surface area contributed by atoms with E-state index in [0.29, 0.717) is 23.0 Å². The molecule has 2 aliphatic rings. The second-order valence-electron chi connectivity index (χ2n) is 7.01. The molecule has 0 unspecified atom stereocenters. The summed E-state index contributed by atoms with van der Waals surface area (Å²) in [5, 5.41) is 2.80. The van der Waals surface area contributed by atoms with Gasteiger partial charge in [-0.2, -0.15) is 0 Å². The summed E-state index contributed by atoms with van der Waals surface area (Å²) in [7, 11) is 5.15. The Labute approximate surface area is 170 Å². The molecular weight excluding hydrogens is 376 g/mol. The van der Waals surface area contributed by atoms with E-state index in [-0.39, 0.29) is 6.61 Å². The lowest BCUT2D eigenvalue weighted by Crippen LogP contribution is -2.56. The van der Waals surface area contributed by atoms with Crippen molar-refractivity contribution in [2.75, 3.05) is 54.1 Å². The molecule has 1 fully saturated rings. The molecule has 3 rings (SSSR count). The Morgan fingerprint density at radius 1 is 1.21 bits per heavy atom. The first-order valence-corrected chi connectivity index (χ1v) is 9.69. The number of nitrogens with zero attached hydrogens (tertiary/aromatic N) is 3. The fourth-order valence-electron chi connectivity index (χ4n) is 3.53. The van der Waals surface area contributed by atoms with Crippen molar-refractivity contribution < 1.29 is 23.8 Å². The number of carbonyl (C=O) groups excluding carboxylic acids is 2. The van der Waals surface area contributed by atoms with Crippen LogP contribution >= 0.6 is 0 Å². The first-order valence-electron chi connectivity index (χ1n) is 9.69. The Morgan fingerprint density at radius 2 is 1.93 bits per heavy atom. The van der Waals surface area contributed by atoms with E-state index in [2.05, 4.69) is 17.3 Å². The molecule has 9 heteroatoms. The highest BCUT2D eigenvalue weighted by atomic mass is 16.5. The molecule has 2 heterocycles. The number of hydrogen-bond donors (Lipinski definition) is 1. The van der Waals surface area contributed by atoms with Crippen LogP contribution in [0.4, 0.5) is 0 Å². The van der Waals surface area contributed by atoms with Gasteiger partial charge in [0.2, 0.25) is 11.9 Å². The summed E-state index contributed by atoms with van der Waals surface area (Å²) in [5.74, 6) is -0.522. The molecule has 0 spiro atoms. The zero-order valence-corrected chi connectivity index (χ0v) is 17.3. The Hall–Kier alpha value is -2.81. The van der Waals surface area contributed by atoms with Gasteiger partial charge in [0, 0.05) is 37.8 Å². The smallest absolute Gasteiger partial charge is 0.321 e. The van der Waals surface area contributed by atoms with Gasteiger partial charge in [0.15, 0.2) is 5.92 Å². The van der Waals surface area contributed by atoms with Crippen LogP contribution in [0.15, 0.2) is 23.2 Å². The van der Waals surface area contributed by atoms with Crippen LogP contribution in [-0.4, -0.2) is 81.7 Å². The maximum atomic E-state index is 12.9. The van der Waals surface area contributed by atoms with Crippen molar-refractivity contribution in [3.8, 4) is 11.5 Å². The predicted octanol–water partition coefficient (Wildman–Crippen LogP) is 0.657. The molecule has 0 radical (unpaired) electrons. The van der Waals surface area contributed by atoms with Crippen LogP contribution < -0.4 is 14.8 Å². The summed E-state index contributed by atoms with van der Waals surface area (Å²) in [6.45, 7) is 5.11. The van der Waals surface area contributed by atoms with Gasteiger partial charge >= 0.3 is 5.97 Å². The molecule has 29 heavy (non-hydrogen) atoms. The fourth-order valence-corrected chi connectivity index (χ4v) is 3.53. The highest BCUT2D eigenvalue weighted by Gasteiger charge is 2.43. The third kappa shape index (κ3) is 4.45. The number of amides is 1. The molecule has 1 aromatic carbocycles. The minimum Gasteiger partial charge on any atom is -0.497 e. The number of piperazine rings is 1. The number of hydrogen-bond acceptors (Lipinski definition) is 8. The average molecular weight is 404 g/mol. The van der Waals surface area contributed by atoms with Gasteiger partial charge in [-0.05, 0) is 26.1 Å². The highest BCUT2D eigenvalue weighted by Crippen LogP contribution is 2.38. The second kappa shape index (κ2) is 9.13. The van der Waals surface area contributed by atoms with Crippen LogP contribution in [-0.2, 0) is 14.3 Å². The summed E-state index contributed by atoms with van der Waals surface area (Å²) in [6, 6.07) is 4.50. The van der Waals surface area contributed by atoms with Gasteiger partial charge in [0.05, 0.1) is 20.8 Å². The molecule has 9 nitrogen and oxygen atoms in total. The SMILES string of the molecule is CCOC(=O)[C@H]1C(=O)NC(N2CCN(C)CC2)=N[C@H]1c1ccc(OC)cc1OC. The fraction of sp³-hybridized carbons (Fsp3) is 0.550. The Morgan fingerprint density at radius 3 is 2.55 bits per heavy atom. The topological polar surface area (TPSA) is 92.7 Å².